The topological polar surface area (TPSA) is 77.0 Å². The number of aliphatic hydroxyl groups is 1. The lowest BCUT2D eigenvalue weighted by Gasteiger charge is -2.37. The maximum absolute atomic E-state index is 12.3. The van der Waals surface area contributed by atoms with Gasteiger partial charge >= 0.3 is 6.09 Å². The Balaban J connectivity index is 1.54. The van der Waals surface area contributed by atoms with Crippen molar-refractivity contribution in [2.75, 3.05) is 13.2 Å². The Kier molecular flexibility index (Phi) is 6.43. The van der Waals surface area contributed by atoms with Gasteiger partial charge in [-0.2, -0.15) is 0 Å². The summed E-state index contributed by atoms with van der Waals surface area (Å²) in [5.41, 5.74) is 1.56. The Bertz CT molecular complexity index is 690. The Morgan fingerprint density at radius 1 is 1.25 bits per heavy atom. The van der Waals surface area contributed by atoms with Gasteiger partial charge in [0.2, 0.25) is 5.79 Å². The third kappa shape index (κ3) is 5.13. The van der Waals surface area contributed by atoms with Crippen molar-refractivity contribution in [3.05, 3.63) is 47.5 Å². The largest absolute Gasteiger partial charge is 0.445 e. The van der Waals surface area contributed by atoms with Crippen molar-refractivity contribution >= 4 is 6.09 Å². The minimum absolute atomic E-state index is 0.0428. The van der Waals surface area contributed by atoms with Gasteiger partial charge in [-0.15, -0.1) is 0 Å². The molecule has 0 saturated carbocycles. The molecule has 2 N–H and O–H groups in total. The highest BCUT2D eigenvalue weighted by atomic mass is 16.7. The Morgan fingerprint density at radius 2 is 1.93 bits per heavy atom. The molecule has 3 rings (SSSR count). The number of hydrogen-bond donors (Lipinski definition) is 2. The summed E-state index contributed by atoms with van der Waals surface area (Å²) in [6.45, 7) is 7.54. The van der Waals surface area contributed by atoms with Crippen LogP contribution in [0.25, 0.3) is 0 Å². The summed E-state index contributed by atoms with van der Waals surface area (Å²) in [5, 5.41) is 13.7. The third-order valence-corrected chi connectivity index (χ3v) is 5.10. The number of benzene rings is 1. The maximum Gasteiger partial charge on any atom is 0.407 e. The van der Waals surface area contributed by atoms with Crippen LogP contribution in [-0.2, 0) is 20.8 Å². The van der Waals surface area contributed by atoms with Crippen molar-refractivity contribution in [2.24, 2.45) is 5.41 Å². The summed E-state index contributed by atoms with van der Waals surface area (Å²) < 4.78 is 17.1. The van der Waals surface area contributed by atoms with Crippen molar-refractivity contribution < 1.29 is 24.1 Å². The van der Waals surface area contributed by atoms with E-state index >= 15 is 0 Å². The van der Waals surface area contributed by atoms with Crippen molar-refractivity contribution in [1.29, 1.82) is 0 Å². The average molecular weight is 389 g/mol. The van der Waals surface area contributed by atoms with Crippen LogP contribution in [0.1, 0.15) is 45.6 Å². The monoisotopic (exact) mass is 389 g/mol. The number of rotatable bonds is 8. The molecule has 6 heteroatoms. The molecule has 1 aliphatic heterocycles. The molecule has 1 amide bonds. The first-order valence-electron chi connectivity index (χ1n) is 10.0. The summed E-state index contributed by atoms with van der Waals surface area (Å²) in [4.78, 5) is 12.3. The molecule has 0 aromatic heterocycles. The minimum Gasteiger partial charge on any atom is -0.445 e. The van der Waals surface area contributed by atoms with Gasteiger partial charge in [0.05, 0.1) is 19.3 Å². The highest BCUT2D eigenvalue weighted by molar-refractivity contribution is 5.68. The molecule has 6 nitrogen and oxygen atoms in total. The molecule has 0 bridgehead atoms. The number of carbonyl (C=O) groups is 1. The molecule has 2 aliphatic rings. The average Bonchev–Trinajstić information content (AvgIpc) is 3.40. The van der Waals surface area contributed by atoms with E-state index in [1.165, 1.54) is 0 Å². The summed E-state index contributed by atoms with van der Waals surface area (Å²) >= 11 is 0. The molecule has 154 valence electrons. The molecular formula is C22H31NO5. The van der Waals surface area contributed by atoms with Crippen molar-refractivity contribution in [3.8, 4) is 0 Å². The van der Waals surface area contributed by atoms with Gasteiger partial charge in [0.1, 0.15) is 12.7 Å². The molecule has 1 aliphatic carbocycles. The highest BCUT2D eigenvalue weighted by Gasteiger charge is 2.55. The second kappa shape index (κ2) is 8.64. The Morgan fingerprint density at radius 3 is 2.57 bits per heavy atom. The summed E-state index contributed by atoms with van der Waals surface area (Å²) in [6, 6.07) is 9.06. The van der Waals surface area contributed by atoms with Crippen LogP contribution in [0.4, 0.5) is 4.79 Å². The molecule has 1 heterocycles. The second-order valence-corrected chi connectivity index (χ2v) is 8.41. The fourth-order valence-corrected chi connectivity index (χ4v) is 3.26. The third-order valence-electron chi connectivity index (χ3n) is 5.10. The number of amides is 1. The SMILES string of the molecule is CCCC[C@H](NC(=O)OCc1ccccc1)C(O)C1=CC12OCC(C)(C)CO2. The normalized spacial score (nSPS) is 21.5. The van der Waals surface area contributed by atoms with E-state index in [1.54, 1.807) is 0 Å². The highest BCUT2D eigenvalue weighted by Crippen LogP contribution is 2.47. The van der Waals surface area contributed by atoms with E-state index in [9.17, 15) is 9.90 Å². The van der Waals surface area contributed by atoms with Crippen LogP contribution in [0.15, 0.2) is 42.0 Å². The molecule has 28 heavy (non-hydrogen) atoms. The molecule has 1 aromatic carbocycles. The van der Waals surface area contributed by atoms with Gasteiger partial charge in [-0.05, 0) is 18.1 Å². The van der Waals surface area contributed by atoms with Crippen LogP contribution in [-0.4, -0.2) is 42.3 Å². The van der Waals surface area contributed by atoms with E-state index in [0.29, 0.717) is 25.2 Å². The Hall–Kier alpha value is -1.89. The first-order valence-corrected chi connectivity index (χ1v) is 10.0. The van der Waals surface area contributed by atoms with Gasteiger partial charge in [0.15, 0.2) is 0 Å². The number of aliphatic hydroxyl groups excluding tert-OH is 1. The number of hydrogen-bond acceptors (Lipinski definition) is 5. The van der Waals surface area contributed by atoms with E-state index in [1.807, 2.05) is 36.4 Å². The molecule has 1 fully saturated rings. The lowest BCUT2D eigenvalue weighted by atomic mass is 9.95. The van der Waals surface area contributed by atoms with Gasteiger partial charge in [-0.3, -0.25) is 0 Å². The van der Waals surface area contributed by atoms with E-state index in [0.717, 1.165) is 18.4 Å². The summed E-state index contributed by atoms with van der Waals surface area (Å²) in [5.74, 6) is -0.894. The minimum atomic E-state index is -0.894. The van der Waals surface area contributed by atoms with Crippen LogP contribution in [0.5, 0.6) is 0 Å². The molecule has 2 atom stereocenters. The fourth-order valence-electron chi connectivity index (χ4n) is 3.26. The van der Waals surface area contributed by atoms with Crippen LogP contribution in [0.3, 0.4) is 0 Å². The van der Waals surface area contributed by atoms with E-state index < -0.39 is 24.0 Å². The standard InChI is InChI=1S/C22H31NO5/c1-4-5-11-18(23-20(25)26-13-16-9-7-6-8-10-16)19(24)17-12-22(17)27-14-21(2,3)15-28-22/h6-10,12,18-19,24H,4-5,11,13-15H2,1-3H3,(H,23,25)/t18-,19?/m0/s1. The number of alkyl carbamates (subject to hydrolysis) is 1. The first-order chi connectivity index (χ1) is 13.4. The molecule has 0 radical (unpaired) electrons. The predicted molar refractivity (Wildman–Crippen MR) is 106 cm³/mol. The van der Waals surface area contributed by atoms with Crippen LogP contribution in [0.2, 0.25) is 0 Å². The smallest absolute Gasteiger partial charge is 0.407 e. The Labute approximate surface area is 166 Å². The summed E-state index contributed by atoms with van der Waals surface area (Å²) in [7, 11) is 0. The maximum atomic E-state index is 12.3. The number of unbranched alkanes of at least 4 members (excludes halogenated alkanes) is 1. The lowest BCUT2D eigenvalue weighted by Crippen LogP contribution is -2.47. The second-order valence-electron chi connectivity index (χ2n) is 8.41. The van der Waals surface area contributed by atoms with E-state index in [2.05, 4.69) is 26.1 Å². The first kappa shape index (κ1) is 20.8. The van der Waals surface area contributed by atoms with Crippen LogP contribution >= 0.6 is 0 Å². The molecular weight excluding hydrogens is 358 g/mol. The van der Waals surface area contributed by atoms with Crippen molar-refractivity contribution in [2.45, 2.75) is 64.6 Å². The fraction of sp³-hybridized carbons (Fsp3) is 0.591. The van der Waals surface area contributed by atoms with Gasteiger partial charge in [0, 0.05) is 11.0 Å². The molecule has 1 unspecified atom stereocenters. The van der Waals surface area contributed by atoms with Crippen molar-refractivity contribution in [3.63, 3.8) is 0 Å². The van der Waals surface area contributed by atoms with Crippen LogP contribution in [0, 0.1) is 5.41 Å². The van der Waals surface area contributed by atoms with Crippen LogP contribution < -0.4 is 5.32 Å². The number of nitrogens with one attached hydrogen (secondary N) is 1. The lowest BCUT2D eigenvalue weighted by molar-refractivity contribution is -0.233. The van der Waals surface area contributed by atoms with Gasteiger partial charge in [-0.25, -0.2) is 4.79 Å². The summed E-state index contributed by atoms with van der Waals surface area (Å²) in [6.07, 6.45) is 2.91. The molecule has 1 saturated heterocycles. The predicted octanol–water partition coefficient (Wildman–Crippen LogP) is 3.54. The zero-order valence-corrected chi connectivity index (χ0v) is 16.9. The number of ether oxygens (including phenoxy) is 3. The molecule has 1 spiro atoms. The number of carbonyl (C=O) groups excluding carboxylic acids is 1. The zero-order chi connectivity index (χ0) is 20.2. The van der Waals surface area contributed by atoms with Gasteiger partial charge in [0.25, 0.3) is 0 Å². The van der Waals surface area contributed by atoms with Gasteiger partial charge in [-0.1, -0.05) is 63.9 Å². The van der Waals surface area contributed by atoms with E-state index in [4.69, 9.17) is 14.2 Å². The van der Waals surface area contributed by atoms with Crippen molar-refractivity contribution in [1.82, 2.24) is 5.32 Å². The van der Waals surface area contributed by atoms with Gasteiger partial charge < -0.3 is 24.6 Å². The van der Waals surface area contributed by atoms with E-state index in [-0.39, 0.29) is 12.0 Å². The quantitative estimate of drug-likeness (QED) is 0.665. The molecule has 1 aromatic rings. The zero-order valence-electron chi connectivity index (χ0n) is 16.9.